The molecule has 1 saturated carbocycles. The van der Waals surface area contributed by atoms with E-state index in [-0.39, 0.29) is 47.0 Å². The number of carbonyl (C=O) groups is 2. The van der Waals surface area contributed by atoms with Gasteiger partial charge in [-0.2, -0.15) is 0 Å². The van der Waals surface area contributed by atoms with Crippen molar-refractivity contribution >= 4 is 40.8 Å². The first kappa shape index (κ1) is 35.2. The molecule has 7 rings (SSSR count). The Balaban J connectivity index is 1.11. The van der Waals surface area contributed by atoms with Crippen LogP contribution in [-0.4, -0.2) is 68.9 Å². The standard InChI is InChI=1S/C37H38Cl2FN5O6/c1-44-27-11-14-45(15-16-46)19-26(27)42-34(44)35(47)43-25-8-4-7-23(31(25)38)20-5-3-6-22-21(20)9-10-28(22)51-30-17-29(50-2)24(33(40)32(30)39)18-41-37(12-13-37)36(48)49/h3-8,17,28,41,46H,9-16,18-19H2,1-2H3,(H,43,47)(H,48,49). The highest BCUT2D eigenvalue weighted by Gasteiger charge is 2.50. The van der Waals surface area contributed by atoms with Crippen LogP contribution in [0.5, 0.6) is 11.5 Å². The molecule has 1 amide bonds. The summed E-state index contributed by atoms with van der Waals surface area (Å²) in [6.07, 6.45) is 2.49. The monoisotopic (exact) mass is 737 g/mol. The number of fused-ring (bicyclic) bond motifs is 2. The number of nitrogens with zero attached hydrogens (tertiary/aromatic N) is 3. The third-order valence-corrected chi connectivity index (χ3v) is 11.0. The minimum Gasteiger partial charge on any atom is -0.496 e. The Morgan fingerprint density at radius 1 is 1.10 bits per heavy atom. The Kier molecular flexibility index (Phi) is 9.72. The second kappa shape index (κ2) is 14.1. The summed E-state index contributed by atoms with van der Waals surface area (Å²) in [6.45, 7) is 1.92. The molecule has 2 aliphatic carbocycles. The molecule has 0 spiro atoms. The van der Waals surface area contributed by atoms with Crippen molar-refractivity contribution in [2.75, 3.05) is 32.1 Å². The van der Waals surface area contributed by atoms with Crippen molar-refractivity contribution in [2.45, 2.75) is 56.8 Å². The summed E-state index contributed by atoms with van der Waals surface area (Å²) in [6, 6.07) is 12.9. The number of nitrogens with one attached hydrogen (secondary N) is 2. The number of aliphatic carboxylic acids is 1. The number of hydrogen-bond donors (Lipinski definition) is 4. The lowest BCUT2D eigenvalue weighted by atomic mass is 9.96. The largest absolute Gasteiger partial charge is 0.496 e. The van der Waals surface area contributed by atoms with Gasteiger partial charge in [0, 0.05) is 62.5 Å². The van der Waals surface area contributed by atoms with Gasteiger partial charge in [-0.15, -0.1) is 0 Å². The molecule has 51 heavy (non-hydrogen) atoms. The van der Waals surface area contributed by atoms with E-state index in [0.29, 0.717) is 49.5 Å². The summed E-state index contributed by atoms with van der Waals surface area (Å²) >= 11 is 13.5. The Bertz CT molecular complexity index is 2030. The van der Waals surface area contributed by atoms with Crippen LogP contribution in [0.4, 0.5) is 10.1 Å². The van der Waals surface area contributed by atoms with E-state index in [1.54, 1.807) is 6.07 Å². The van der Waals surface area contributed by atoms with E-state index < -0.39 is 23.4 Å². The van der Waals surface area contributed by atoms with Crippen LogP contribution in [0.3, 0.4) is 0 Å². The Labute approximate surface area is 304 Å². The third-order valence-electron chi connectivity index (χ3n) is 10.2. The molecule has 0 saturated heterocycles. The van der Waals surface area contributed by atoms with Gasteiger partial charge >= 0.3 is 5.97 Å². The predicted octanol–water partition coefficient (Wildman–Crippen LogP) is 5.92. The molecule has 1 unspecified atom stereocenters. The van der Waals surface area contributed by atoms with E-state index in [1.807, 2.05) is 41.9 Å². The van der Waals surface area contributed by atoms with Gasteiger partial charge in [0.25, 0.3) is 5.91 Å². The highest BCUT2D eigenvalue weighted by Crippen LogP contribution is 2.46. The number of rotatable bonds is 12. The van der Waals surface area contributed by atoms with Gasteiger partial charge in [0.05, 0.1) is 30.1 Å². The predicted molar refractivity (Wildman–Crippen MR) is 190 cm³/mol. The van der Waals surface area contributed by atoms with E-state index in [9.17, 15) is 19.8 Å². The Morgan fingerprint density at radius 3 is 2.59 bits per heavy atom. The minimum absolute atomic E-state index is 0.0643. The normalized spacial score (nSPS) is 17.5. The number of hydrogen-bond acceptors (Lipinski definition) is 8. The van der Waals surface area contributed by atoms with E-state index in [1.165, 1.54) is 13.2 Å². The van der Waals surface area contributed by atoms with Gasteiger partial charge in [-0.1, -0.05) is 53.5 Å². The smallest absolute Gasteiger partial charge is 0.323 e. The number of halogens is 3. The lowest BCUT2D eigenvalue weighted by Crippen LogP contribution is -2.38. The first-order valence-electron chi connectivity index (χ1n) is 16.8. The van der Waals surface area contributed by atoms with Crippen LogP contribution < -0.4 is 20.1 Å². The number of anilines is 1. The molecule has 1 aromatic heterocycles. The van der Waals surface area contributed by atoms with Gasteiger partial charge in [-0.3, -0.25) is 19.8 Å². The maximum atomic E-state index is 15.6. The van der Waals surface area contributed by atoms with Crippen LogP contribution >= 0.6 is 23.2 Å². The maximum absolute atomic E-state index is 15.6. The minimum atomic E-state index is -1.05. The zero-order valence-electron chi connectivity index (χ0n) is 28.2. The number of aromatic nitrogens is 2. The fraction of sp³-hybridized carbons (Fsp3) is 0.378. The fourth-order valence-electron chi connectivity index (χ4n) is 7.18. The molecular formula is C37H38Cl2FN5O6. The third kappa shape index (κ3) is 6.55. The summed E-state index contributed by atoms with van der Waals surface area (Å²) in [5.74, 6) is -1.46. The molecule has 0 radical (unpaired) electrons. The lowest BCUT2D eigenvalue weighted by molar-refractivity contribution is -0.140. The molecule has 4 N–H and O–H groups in total. The number of carboxylic acid groups (broad SMARTS) is 1. The number of methoxy groups -OCH3 is 1. The summed E-state index contributed by atoms with van der Waals surface area (Å²) in [5.41, 5.74) is 4.91. The van der Waals surface area contributed by atoms with Gasteiger partial charge in [0.2, 0.25) is 0 Å². The van der Waals surface area contributed by atoms with E-state index in [0.717, 1.165) is 46.6 Å². The van der Waals surface area contributed by atoms with Gasteiger partial charge in [-0.25, -0.2) is 9.37 Å². The summed E-state index contributed by atoms with van der Waals surface area (Å²) in [4.78, 5) is 31.8. The molecule has 1 fully saturated rings. The van der Waals surface area contributed by atoms with E-state index in [4.69, 9.17) is 32.7 Å². The van der Waals surface area contributed by atoms with E-state index in [2.05, 4.69) is 20.5 Å². The molecule has 1 atom stereocenters. The fourth-order valence-corrected chi connectivity index (χ4v) is 7.66. The number of imidazole rings is 1. The molecule has 3 aliphatic rings. The van der Waals surface area contributed by atoms with Crippen molar-refractivity contribution in [3.8, 4) is 22.6 Å². The quantitative estimate of drug-likeness (QED) is 0.140. The van der Waals surface area contributed by atoms with Gasteiger partial charge in [0.15, 0.2) is 11.6 Å². The highest BCUT2D eigenvalue weighted by molar-refractivity contribution is 6.36. The number of ether oxygens (including phenoxy) is 2. The van der Waals surface area contributed by atoms with Crippen molar-refractivity contribution in [2.24, 2.45) is 7.05 Å². The molecule has 11 nitrogen and oxygen atoms in total. The second-order valence-corrected chi connectivity index (χ2v) is 14.0. The van der Waals surface area contributed by atoms with Crippen LogP contribution in [0.25, 0.3) is 11.1 Å². The second-order valence-electron chi connectivity index (χ2n) is 13.2. The summed E-state index contributed by atoms with van der Waals surface area (Å²) in [5, 5.41) is 24.9. The molecule has 4 aromatic rings. The van der Waals surface area contributed by atoms with Crippen LogP contribution in [0.2, 0.25) is 10.0 Å². The number of carbonyl (C=O) groups excluding carboxylic acids is 1. The zero-order valence-corrected chi connectivity index (χ0v) is 29.7. The molecule has 268 valence electrons. The van der Waals surface area contributed by atoms with Crippen molar-refractivity contribution in [3.05, 3.63) is 92.2 Å². The van der Waals surface area contributed by atoms with Crippen LogP contribution in [0.1, 0.15) is 64.1 Å². The van der Waals surface area contributed by atoms with Crippen molar-refractivity contribution < 1.29 is 33.7 Å². The number of aliphatic hydroxyl groups is 1. The van der Waals surface area contributed by atoms with Crippen LogP contribution in [0, 0.1) is 5.82 Å². The Morgan fingerprint density at radius 2 is 1.86 bits per heavy atom. The highest BCUT2D eigenvalue weighted by atomic mass is 35.5. The number of carboxylic acids is 1. The topological polar surface area (TPSA) is 138 Å². The first-order chi connectivity index (χ1) is 24.5. The van der Waals surface area contributed by atoms with Gasteiger partial charge in [0.1, 0.15) is 28.2 Å². The van der Waals surface area contributed by atoms with Crippen LogP contribution in [-0.2, 0) is 37.8 Å². The zero-order chi connectivity index (χ0) is 36.0. The molecular weight excluding hydrogens is 700 g/mol. The maximum Gasteiger partial charge on any atom is 0.323 e. The average Bonchev–Trinajstić information content (AvgIpc) is 3.71. The van der Waals surface area contributed by atoms with Crippen molar-refractivity contribution in [1.82, 2.24) is 19.8 Å². The molecule has 0 bridgehead atoms. The average molecular weight is 739 g/mol. The molecule has 3 aromatic carbocycles. The van der Waals surface area contributed by atoms with Crippen LogP contribution in [0.15, 0.2) is 42.5 Å². The number of benzene rings is 3. The lowest BCUT2D eigenvalue weighted by Gasteiger charge is -2.25. The number of amides is 1. The van der Waals surface area contributed by atoms with E-state index >= 15 is 4.39 Å². The first-order valence-corrected chi connectivity index (χ1v) is 17.6. The SMILES string of the molecule is COc1cc(OC2CCc3c(-c4cccc(NC(=O)c5nc6c(n5C)CCN(CCO)C6)c4Cl)cccc32)c(Cl)c(F)c1CNC1(C(=O)O)CC1. The molecule has 2 heterocycles. The Hall–Kier alpha value is -4.20. The molecule has 14 heteroatoms. The van der Waals surface area contributed by atoms with Gasteiger partial charge < -0.3 is 29.6 Å². The summed E-state index contributed by atoms with van der Waals surface area (Å²) in [7, 11) is 3.25. The number of β-amino-alcohol motifs (C(OH)–C–C–N with tert-alkyl or cyclic N) is 1. The molecule has 1 aliphatic heterocycles. The number of aliphatic hydroxyl groups excluding tert-OH is 1. The van der Waals surface area contributed by atoms with Gasteiger partial charge in [-0.05, 0) is 48.4 Å². The summed E-state index contributed by atoms with van der Waals surface area (Å²) < 4.78 is 29.3. The van der Waals surface area contributed by atoms with Crippen molar-refractivity contribution in [3.63, 3.8) is 0 Å². The van der Waals surface area contributed by atoms with Crippen molar-refractivity contribution in [1.29, 1.82) is 0 Å².